The fourth-order valence-corrected chi connectivity index (χ4v) is 4.80. The van der Waals surface area contributed by atoms with E-state index in [-0.39, 0.29) is 18.7 Å². The third kappa shape index (κ3) is 4.36. The number of nitrogens with zero attached hydrogens (tertiary/aromatic N) is 4. The molecular weight excluding hydrogens is 409 g/mol. The van der Waals surface area contributed by atoms with Crippen molar-refractivity contribution in [3.8, 4) is 0 Å². The van der Waals surface area contributed by atoms with Gasteiger partial charge in [0.25, 0.3) is 0 Å². The number of morpholine rings is 1. The van der Waals surface area contributed by atoms with Crippen molar-refractivity contribution in [2.75, 3.05) is 31.2 Å². The second-order valence-corrected chi connectivity index (χ2v) is 8.93. The number of aromatic nitrogens is 2. The maximum absolute atomic E-state index is 12.9. The molecule has 1 aromatic heterocycles. The van der Waals surface area contributed by atoms with Crippen molar-refractivity contribution in [2.45, 2.75) is 25.0 Å². The van der Waals surface area contributed by atoms with E-state index in [1.807, 2.05) is 4.90 Å². The number of anilines is 1. The van der Waals surface area contributed by atoms with Gasteiger partial charge in [0.15, 0.2) is 0 Å². The summed E-state index contributed by atoms with van der Waals surface area (Å²) in [5.74, 6) is 0.0263. The van der Waals surface area contributed by atoms with Gasteiger partial charge in [-0.3, -0.25) is 0 Å². The number of fused-ring (bicyclic) bond motifs is 1. The first-order valence-corrected chi connectivity index (χ1v) is 10.6. The molecular formula is C18H19F3N4O3S. The summed E-state index contributed by atoms with van der Waals surface area (Å²) in [5, 5.41) is 0. The van der Waals surface area contributed by atoms with Crippen molar-refractivity contribution in [3.05, 3.63) is 52.8 Å². The van der Waals surface area contributed by atoms with Crippen LogP contribution in [0, 0.1) is 0 Å². The molecule has 3 heterocycles. The number of benzene rings is 1. The van der Waals surface area contributed by atoms with E-state index in [1.54, 1.807) is 6.20 Å². The number of hydrogen-bond donors (Lipinski definition) is 0. The molecule has 0 amide bonds. The maximum atomic E-state index is 12.9. The molecule has 29 heavy (non-hydrogen) atoms. The largest absolute Gasteiger partial charge is 0.416 e. The minimum atomic E-state index is -4.52. The summed E-state index contributed by atoms with van der Waals surface area (Å²) in [4.78, 5) is 10.8. The molecule has 7 nitrogen and oxygen atoms in total. The molecule has 0 saturated carbocycles. The van der Waals surface area contributed by atoms with Crippen LogP contribution in [0.15, 0.2) is 30.5 Å². The van der Waals surface area contributed by atoms with Crippen LogP contribution < -0.4 is 4.90 Å². The molecule has 0 unspecified atom stereocenters. The van der Waals surface area contributed by atoms with Crippen LogP contribution in [0.4, 0.5) is 19.1 Å². The van der Waals surface area contributed by atoms with E-state index < -0.39 is 27.5 Å². The van der Waals surface area contributed by atoms with Crippen molar-refractivity contribution < 1.29 is 26.3 Å². The van der Waals surface area contributed by atoms with Crippen LogP contribution in [0.5, 0.6) is 0 Å². The zero-order valence-corrected chi connectivity index (χ0v) is 16.2. The van der Waals surface area contributed by atoms with Crippen LogP contribution in [-0.2, 0) is 39.8 Å². The lowest BCUT2D eigenvalue weighted by atomic mass is 10.1. The molecule has 0 atom stereocenters. The topological polar surface area (TPSA) is 75.6 Å². The van der Waals surface area contributed by atoms with E-state index in [0.29, 0.717) is 43.5 Å². The van der Waals surface area contributed by atoms with Crippen molar-refractivity contribution in [1.29, 1.82) is 0 Å². The van der Waals surface area contributed by atoms with Gasteiger partial charge in [0.2, 0.25) is 16.0 Å². The number of sulfonamides is 1. The van der Waals surface area contributed by atoms with E-state index >= 15 is 0 Å². The smallest absolute Gasteiger partial charge is 0.378 e. The first-order chi connectivity index (χ1) is 13.7. The van der Waals surface area contributed by atoms with Crippen molar-refractivity contribution in [1.82, 2.24) is 14.3 Å². The van der Waals surface area contributed by atoms with Crippen LogP contribution in [0.25, 0.3) is 0 Å². The van der Waals surface area contributed by atoms with Crippen molar-refractivity contribution in [2.24, 2.45) is 0 Å². The Balaban J connectivity index is 1.49. The quantitative estimate of drug-likeness (QED) is 0.743. The summed E-state index contributed by atoms with van der Waals surface area (Å²) in [6.45, 7) is 2.68. The molecule has 0 spiro atoms. The van der Waals surface area contributed by atoms with Crippen LogP contribution in [0.2, 0.25) is 0 Å². The van der Waals surface area contributed by atoms with E-state index in [9.17, 15) is 21.6 Å². The molecule has 2 aromatic rings. The third-order valence-electron chi connectivity index (χ3n) is 4.90. The monoisotopic (exact) mass is 428 g/mol. The molecule has 2 aliphatic rings. The molecule has 0 radical (unpaired) electrons. The van der Waals surface area contributed by atoms with Crippen LogP contribution in [0.1, 0.15) is 22.4 Å². The van der Waals surface area contributed by atoms with Gasteiger partial charge < -0.3 is 9.64 Å². The third-order valence-corrected chi connectivity index (χ3v) is 6.65. The van der Waals surface area contributed by atoms with Crippen LogP contribution in [0.3, 0.4) is 0 Å². The average molecular weight is 428 g/mol. The highest BCUT2D eigenvalue weighted by Gasteiger charge is 2.33. The zero-order chi connectivity index (χ0) is 20.6. The molecule has 1 saturated heterocycles. The Morgan fingerprint density at radius 1 is 1.14 bits per heavy atom. The lowest BCUT2D eigenvalue weighted by Gasteiger charge is -2.26. The summed E-state index contributed by atoms with van der Waals surface area (Å²) in [6.07, 6.45) is -2.90. The molecule has 0 bridgehead atoms. The molecule has 1 fully saturated rings. The predicted molar refractivity (Wildman–Crippen MR) is 98.4 cm³/mol. The highest BCUT2D eigenvalue weighted by Crippen LogP contribution is 2.31. The van der Waals surface area contributed by atoms with E-state index in [1.165, 1.54) is 16.4 Å². The standard InChI is InChI=1S/C18H19F3N4O3S/c19-18(20,21)15-3-1-2-13(8-15)12-29(26,27)25-10-14-9-22-17(23-16(14)11-25)24-4-6-28-7-5-24/h1-3,8-9H,4-7,10-12H2. The second kappa shape index (κ2) is 7.54. The molecule has 0 aliphatic carbocycles. The number of alkyl halides is 3. The predicted octanol–water partition coefficient (Wildman–Crippen LogP) is 2.18. The molecule has 0 N–H and O–H groups in total. The lowest BCUT2D eigenvalue weighted by Crippen LogP contribution is -2.37. The fourth-order valence-electron chi connectivity index (χ4n) is 3.37. The summed E-state index contributed by atoms with van der Waals surface area (Å²) in [6, 6.07) is 4.39. The molecule has 4 rings (SSSR count). The summed E-state index contributed by atoms with van der Waals surface area (Å²) < 4.78 is 70.8. The Hall–Kier alpha value is -2.24. The minimum absolute atomic E-state index is 0.0798. The van der Waals surface area contributed by atoms with Gasteiger partial charge in [-0.2, -0.15) is 17.5 Å². The average Bonchev–Trinajstić information content (AvgIpc) is 3.12. The Morgan fingerprint density at radius 2 is 1.90 bits per heavy atom. The lowest BCUT2D eigenvalue weighted by molar-refractivity contribution is -0.137. The van der Waals surface area contributed by atoms with Crippen LogP contribution >= 0.6 is 0 Å². The Morgan fingerprint density at radius 3 is 2.62 bits per heavy atom. The molecule has 11 heteroatoms. The van der Waals surface area contributed by atoms with E-state index in [0.717, 1.165) is 12.1 Å². The van der Waals surface area contributed by atoms with Gasteiger partial charge in [0, 0.05) is 31.4 Å². The first kappa shape index (κ1) is 20.0. The zero-order valence-electron chi connectivity index (χ0n) is 15.4. The first-order valence-electron chi connectivity index (χ1n) is 9.04. The normalized spacial score (nSPS) is 18.1. The SMILES string of the molecule is O=S(=O)(Cc1cccc(C(F)(F)F)c1)N1Cc2cnc(N3CCOCC3)nc2C1. The number of ether oxygens (including phenoxy) is 1. The maximum Gasteiger partial charge on any atom is 0.416 e. The Kier molecular flexibility index (Phi) is 5.21. The van der Waals surface area contributed by atoms with Gasteiger partial charge in [-0.15, -0.1) is 0 Å². The summed E-state index contributed by atoms with van der Waals surface area (Å²) in [7, 11) is -3.82. The highest BCUT2D eigenvalue weighted by molar-refractivity contribution is 7.88. The van der Waals surface area contributed by atoms with Gasteiger partial charge in [0.05, 0.1) is 36.8 Å². The Labute approximate surface area is 166 Å². The van der Waals surface area contributed by atoms with Gasteiger partial charge in [-0.05, 0) is 11.6 Å². The van der Waals surface area contributed by atoms with Gasteiger partial charge in [0.1, 0.15) is 0 Å². The van der Waals surface area contributed by atoms with E-state index in [2.05, 4.69) is 9.97 Å². The number of rotatable bonds is 4. The van der Waals surface area contributed by atoms with Crippen LogP contribution in [-0.4, -0.2) is 49.0 Å². The summed E-state index contributed by atoms with van der Waals surface area (Å²) in [5.41, 5.74) is 0.551. The molecule has 156 valence electrons. The van der Waals surface area contributed by atoms with Gasteiger partial charge in [-0.1, -0.05) is 18.2 Å². The molecule has 2 aliphatic heterocycles. The second-order valence-electron chi connectivity index (χ2n) is 6.96. The number of halogens is 3. The van der Waals surface area contributed by atoms with Gasteiger partial charge >= 0.3 is 6.18 Å². The summed E-state index contributed by atoms with van der Waals surface area (Å²) >= 11 is 0. The van der Waals surface area contributed by atoms with Crippen molar-refractivity contribution in [3.63, 3.8) is 0 Å². The highest BCUT2D eigenvalue weighted by atomic mass is 32.2. The minimum Gasteiger partial charge on any atom is -0.378 e. The molecule has 1 aromatic carbocycles. The number of hydrogen-bond acceptors (Lipinski definition) is 6. The fraction of sp³-hybridized carbons (Fsp3) is 0.444. The van der Waals surface area contributed by atoms with E-state index in [4.69, 9.17) is 4.74 Å². The van der Waals surface area contributed by atoms with Crippen molar-refractivity contribution >= 4 is 16.0 Å². The van der Waals surface area contributed by atoms with Gasteiger partial charge in [-0.25, -0.2) is 18.4 Å². The Bertz CT molecular complexity index is 1010.